The van der Waals surface area contributed by atoms with Crippen molar-refractivity contribution in [3.8, 4) is 0 Å². The quantitative estimate of drug-likeness (QED) is 0.697. The van der Waals surface area contributed by atoms with E-state index in [0.29, 0.717) is 11.2 Å². The van der Waals surface area contributed by atoms with Gasteiger partial charge in [-0.15, -0.1) is 0 Å². The summed E-state index contributed by atoms with van der Waals surface area (Å²) in [5.74, 6) is 0.0226. The van der Waals surface area contributed by atoms with E-state index in [2.05, 4.69) is 15.9 Å². The van der Waals surface area contributed by atoms with Gasteiger partial charge in [0.25, 0.3) is 0 Å². The maximum Gasteiger partial charge on any atom is 0.0588 e. The van der Waals surface area contributed by atoms with Crippen LogP contribution >= 0.6 is 15.9 Å². The summed E-state index contributed by atoms with van der Waals surface area (Å²) < 4.78 is 0. The number of halogens is 1. The van der Waals surface area contributed by atoms with E-state index in [1.165, 1.54) is 0 Å². The van der Waals surface area contributed by atoms with Crippen LogP contribution in [-0.4, -0.2) is 27.8 Å². The standard InChI is InChI=1S/C8H17BrO2/c1-3-8(11)7(5-10)4-6(2)9/h6-8,10-11H,3-5H2,1-2H3. The number of hydrogen-bond acceptors (Lipinski definition) is 2. The van der Waals surface area contributed by atoms with Crippen LogP contribution in [0.2, 0.25) is 0 Å². The molecule has 0 bridgehead atoms. The number of rotatable bonds is 5. The molecule has 3 heteroatoms. The van der Waals surface area contributed by atoms with Crippen LogP contribution in [0.25, 0.3) is 0 Å². The summed E-state index contributed by atoms with van der Waals surface area (Å²) in [6.07, 6.45) is 1.18. The van der Waals surface area contributed by atoms with E-state index in [-0.39, 0.29) is 18.6 Å². The Bertz CT molecular complexity index is 96.1. The van der Waals surface area contributed by atoms with Crippen molar-refractivity contribution in [2.45, 2.75) is 37.6 Å². The van der Waals surface area contributed by atoms with Crippen molar-refractivity contribution in [1.29, 1.82) is 0 Å². The predicted octanol–water partition coefficient (Wildman–Crippen LogP) is 1.54. The Hall–Kier alpha value is 0.400. The molecule has 0 aromatic rings. The van der Waals surface area contributed by atoms with Crippen LogP contribution < -0.4 is 0 Å². The van der Waals surface area contributed by atoms with Crippen LogP contribution in [-0.2, 0) is 0 Å². The van der Waals surface area contributed by atoms with Gasteiger partial charge in [-0.3, -0.25) is 0 Å². The van der Waals surface area contributed by atoms with Crippen LogP contribution in [0.1, 0.15) is 26.7 Å². The lowest BCUT2D eigenvalue weighted by Crippen LogP contribution is -2.25. The zero-order chi connectivity index (χ0) is 8.85. The summed E-state index contributed by atoms with van der Waals surface area (Å²) in [5.41, 5.74) is 0. The van der Waals surface area contributed by atoms with E-state index < -0.39 is 0 Å². The molecule has 0 aliphatic heterocycles. The number of aliphatic hydroxyl groups excluding tert-OH is 2. The first kappa shape index (κ1) is 11.4. The summed E-state index contributed by atoms with van der Waals surface area (Å²) >= 11 is 3.39. The van der Waals surface area contributed by atoms with Gasteiger partial charge < -0.3 is 10.2 Å². The molecule has 0 spiro atoms. The van der Waals surface area contributed by atoms with Crippen molar-refractivity contribution in [1.82, 2.24) is 0 Å². The molecule has 0 aliphatic carbocycles. The van der Waals surface area contributed by atoms with E-state index in [1.54, 1.807) is 0 Å². The number of hydrogen-bond donors (Lipinski definition) is 2. The zero-order valence-corrected chi connectivity index (χ0v) is 8.71. The Kier molecular flexibility index (Phi) is 6.19. The Morgan fingerprint density at radius 2 is 2.00 bits per heavy atom. The first-order valence-electron chi connectivity index (χ1n) is 4.04. The molecule has 0 amide bonds. The van der Waals surface area contributed by atoms with Crippen molar-refractivity contribution in [2.75, 3.05) is 6.61 Å². The first-order chi connectivity index (χ1) is 5.11. The van der Waals surface area contributed by atoms with Gasteiger partial charge in [-0.1, -0.05) is 29.8 Å². The van der Waals surface area contributed by atoms with Gasteiger partial charge >= 0.3 is 0 Å². The second-order valence-corrected chi connectivity index (χ2v) is 4.50. The SMILES string of the molecule is CCC(O)C(CO)CC(C)Br. The zero-order valence-electron chi connectivity index (χ0n) is 7.13. The van der Waals surface area contributed by atoms with Crippen LogP contribution in [0.4, 0.5) is 0 Å². The van der Waals surface area contributed by atoms with E-state index in [4.69, 9.17) is 5.11 Å². The molecule has 0 rings (SSSR count). The summed E-state index contributed by atoms with van der Waals surface area (Å²) in [6.45, 7) is 4.02. The molecule has 0 saturated carbocycles. The Balaban J connectivity index is 3.74. The minimum atomic E-state index is -0.361. The topological polar surface area (TPSA) is 40.5 Å². The fourth-order valence-corrected chi connectivity index (χ4v) is 1.58. The van der Waals surface area contributed by atoms with Crippen molar-refractivity contribution in [3.05, 3.63) is 0 Å². The van der Waals surface area contributed by atoms with E-state index in [0.717, 1.165) is 6.42 Å². The molecule has 68 valence electrons. The van der Waals surface area contributed by atoms with Crippen LogP contribution in [0.3, 0.4) is 0 Å². The summed E-state index contributed by atoms with van der Waals surface area (Å²) in [4.78, 5) is 0.362. The molecule has 2 N–H and O–H groups in total. The highest BCUT2D eigenvalue weighted by Crippen LogP contribution is 2.17. The number of aliphatic hydroxyl groups is 2. The van der Waals surface area contributed by atoms with Crippen LogP contribution in [0.15, 0.2) is 0 Å². The second kappa shape index (κ2) is 5.98. The van der Waals surface area contributed by atoms with Gasteiger partial charge in [0, 0.05) is 17.4 Å². The van der Waals surface area contributed by atoms with Gasteiger partial charge in [-0.25, -0.2) is 0 Å². The Morgan fingerprint density at radius 1 is 1.45 bits per heavy atom. The smallest absolute Gasteiger partial charge is 0.0588 e. The Morgan fingerprint density at radius 3 is 2.27 bits per heavy atom. The molecular weight excluding hydrogens is 208 g/mol. The third-order valence-electron chi connectivity index (χ3n) is 1.82. The van der Waals surface area contributed by atoms with Gasteiger partial charge in [-0.2, -0.15) is 0 Å². The van der Waals surface area contributed by atoms with E-state index >= 15 is 0 Å². The minimum absolute atomic E-state index is 0.0226. The largest absolute Gasteiger partial charge is 0.396 e. The molecule has 3 unspecified atom stereocenters. The van der Waals surface area contributed by atoms with Gasteiger partial charge in [-0.05, 0) is 12.8 Å². The molecule has 0 aromatic heterocycles. The highest BCUT2D eigenvalue weighted by molar-refractivity contribution is 9.09. The van der Waals surface area contributed by atoms with Crippen molar-refractivity contribution in [2.24, 2.45) is 5.92 Å². The lowest BCUT2D eigenvalue weighted by molar-refractivity contribution is 0.0603. The minimum Gasteiger partial charge on any atom is -0.396 e. The van der Waals surface area contributed by atoms with E-state index in [1.807, 2.05) is 13.8 Å². The summed E-state index contributed by atoms with van der Waals surface area (Å²) in [5, 5.41) is 18.3. The number of alkyl halides is 1. The normalized spacial score (nSPS) is 19.4. The molecule has 0 fully saturated rings. The third kappa shape index (κ3) is 4.77. The average molecular weight is 225 g/mol. The van der Waals surface area contributed by atoms with Gasteiger partial charge in [0.05, 0.1) is 6.10 Å². The first-order valence-corrected chi connectivity index (χ1v) is 4.96. The fourth-order valence-electron chi connectivity index (χ4n) is 1.10. The lowest BCUT2D eigenvalue weighted by atomic mass is 9.96. The molecule has 0 radical (unpaired) electrons. The summed E-state index contributed by atoms with van der Waals surface area (Å²) in [7, 11) is 0. The molecule has 3 atom stereocenters. The third-order valence-corrected chi connectivity index (χ3v) is 2.20. The van der Waals surface area contributed by atoms with Crippen LogP contribution in [0.5, 0.6) is 0 Å². The lowest BCUT2D eigenvalue weighted by Gasteiger charge is -2.20. The van der Waals surface area contributed by atoms with Gasteiger partial charge in [0.2, 0.25) is 0 Å². The molecule has 0 aliphatic rings. The maximum atomic E-state index is 9.39. The molecular formula is C8H17BrO2. The highest BCUT2D eigenvalue weighted by atomic mass is 79.9. The molecule has 0 aromatic carbocycles. The van der Waals surface area contributed by atoms with Crippen molar-refractivity contribution < 1.29 is 10.2 Å². The van der Waals surface area contributed by atoms with Crippen molar-refractivity contribution in [3.63, 3.8) is 0 Å². The fraction of sp³-hybridized carbons (Fsp3) is 1.00. The molecule has 2 nitrogen and oxygen atoms in total. The molecule has 0 heterocycles. The van der Waals surface area contributed by atoms with Crippen molar-refractivity contribution >= 4 is 15.9 Å². The second-order valence-electron chi connectivity index (χ2n) is 2.93. The van der Waals surface area contributed by atoms with Gasteiger partial charge in [0.15, 0.2) is 0 Å². The molecule has 0 saturated heterocycles. The molecule has 11 heavy (non-hydrogen) atoms. The highest BCUT2D eigenvalue weighted by Gasteiger charge is 2.17. The van der Waals surface area contributed by atoms with E-state index in [9.17, 15) is 5.11 Å². The van der Waals surface area contributed by atoms with Gasteiger partial charge in [0.1, 0.15) is 0 Å². The maximum absolute atomic E-state index is 9.39. The Labute approximate surface area is 76.7 Å². The summed E-state index contributed by atoms with van der Waals surface area (Å²) in [6, 6.07) is 0. The predicted molar refractivity (Wildman–Crippen MR) is 49.9 cm³/mol. The monoisotopic (exact) mass is 224 g/mol. The average Bonchev–Trinajstić information content (AvgIpc) is 1.98. The van der Waals surface area contributed by atoms with Crippen LogP contribution in [0, 0.1) is 5.92 Å².